The number of nitriles is 1. The van der Waals surface area contributed by atoms with Crippen LogP contribution in [0, 0.1) is 11.3 Å². The third-order valence-electron chi connectivity index (χ3n) is 3.35. The van der Waals surface area contributed by atoms with Gasteiger partial charge in [-0.2, -0.15) is 5.26 Å². The van der Waals surface area contributed by atoms with E-state index < -0.39 is 0 Å². The molecule has 0 unspecified atom stereocenters. The van der Waals surface area contributed by atoms with E-state index in [1.54, 1.807) is 11.8 Å². The van der Waals surface area contributed by atoms with Gasteiger partial charge in [-0.25, -0.2) is 4.98 Å². The van der Waals surface area contributed by atoms with Gasteiger partial charge in [-0.1, -0.05) is 72.4 Å². The second kappa shape index (κ2) is 7.66. The Morgan fingerprint density at radius 2 is 1.61 bits per heavy atom. The van der Waals surface area contributed by atoms with Crippen LogP contribution in [0.2, 0.25) is 0 Å². The van der Waals surface area contributed by atoms with Crippen molar-refractivity contribution in [2.75, 3.05) is 5.75 Å². The summed E-state index contributed by atoms with van der Waals surface area (Å²) in [7, 11) is 0. The molecular formula is C19H16N2OS. The van der Waals surface area contributed by atoms with Crippen LogP contribution >= 0.6 is 11.8 Å². The molecular weight excluding hydrogens is 304 g/mol. The summed E-state index contributed by atoms with van der Waals surface area (Å²) in [5.41, 5.74) is 2.92. The van der Waals surface area contributed by atoms with Crippen LogP contribution in [0.4, 0.5) is 0 Å². The molecule has 0 amide bonds. The molecule has 0 aliphatic heterocycles. The minimum atomic E-state index is 0.560. The van der Waals surface area contributed by atoms with E-state index in [0.717, 1.165) is 34.8 Å². The van der Waals surface area contributed by atoms with E-state index >= 15 is 0 Å². The van der Waals surface area contributed by atoms with Gasteiger partial charge >= 0.3 is 0 Å². The molecule has 114 valence electrons. The standard InChI is InChI=1S/C19H16N2OS/c20-13-7-8-14-23-19-21-17(15-9-3-1-4-10-15)18(22-19)16-11-5-2-6-12-16/h1-6,9-12H,7-8,14H2. The minimum absolute atomic E-state index is 0.560. The molecule has 2 aromatic carbocycles. The van der Waals surface area contributed by atoms with E-state index in [9.17, 15) is 0 Å². The number of thioether (sulfide) groups is 1. The Morgan fingerprint density at radius 1 is 0.957 bits per heavy atom. The van der Waals surface area contributed by atoms with Gasteiger partial charge in [0, 0.05) is 23.3 Å². The second-order valence-corrected chi connectivity index (χ2v) is 6.05. The molecule has 0 atom stereocenters. The van der Waals surface area contributed by atoms with Crippen LogP contribution in [-0.2, 0) is 0 Å². The van der Waals surface area contributed by atoms with E-state index in [4.69, 9.17) is 9.68 Å². The summed E-state index contributed by atoms with van der Waals surface area (Å²) >= 11 is 1.56. The highest BCUT2D eigenvalue weighted by molar-refractivity contribution is 7.99. The average molecular weight is 320 g/mol. The molecule has 0 saturated heterocycles. The molecule has 3 nitrogen and oxygen atoms in total. The number of nitrogens with zero attached hydrogens (tertiary/aromatic N) is 2. The zero-order chi connectivity index (χ0) is 15.9. The van der Waals surface area contributed by atoms with Gasteiger partial charge in [-0.15, -0.1) is 0 Å². The highest BCUT2D eigenvalue weighted by atomic mass is 32.2. The number of hydrogen-bond acceptors (Lipinski definition) is 4. The first-order valence-electron chi connectivity index (χ1n) is 7.50. The Morgan fingerprint density at radius 3 is 2.26 bits per heavy atom. The Balaban J connectivity index is 1.93. The number of hydrogen-bond donors (Lipinski definition) is 0. The first-order chi connectivity index (χ1) is 11.4. The van der Waals surface area contributed by atoms with Crippen LogP contribution in [0.1, 0.15) is 12.8 Å². The largest absolute Gasteiger partial charge is 0.431 e. The maximum Gasteiger partial charge on any atom is 0.256 e. The maximum absolute atomic E-state index is 8.61. The van der Waals surface area contributed by atoms with E-state index in [2.05, 4.69) is 11.1 Å². The summed E-state index contributed by atoms with van der Waals surface area (Å²) in [5.74, 6) is 1.62. The highest BCUT2D eigenvalue weighted by Gasteiger charge is 2.16. The fourth-order valence-corrected chi connectivity index (χ4v) is 3.01. The highest BCUT2D eigenvalue weighted by Crippen LogP contribution is 2.35. The predicted molar refractivity (Wildman–Crippen MR) is 92.9 cm³/mol. The summed E-state index contributed by atoms with van der Waals surface area (Å²) < 4.78 is 6.00. The van der Waals surface area contributed by atoms with Gasteiger partial charge in [0.2, 0.25) is 0 Å². The first kappa shape index (κ1) is 15.4. The molecule has 0 fully saturated rings. The van der Waals surface area contributed by atoms with Crippen molar-refractivity contribution in [2.24, 2.45) is 0 Å². The van der Waals surface area contributed by atoms with Crippen LogP contribution in [0.3, 0.4) is 0 Å². The molecule has 0 N–H and O–H groups in total. The molecule has 1 heterocycles. The Hall–Kier alpha value is -2.51. The van der Waals surface area contributed by atoms with Crippen molar-refractivity contribution in [3.8, 4) is 28.7 Å². The van der Waals surface area contributed by atoms with E-state index in [1.807, 2.05) is 60.7 Å². The molecule has 0 saturated carbocycles. The predicted octanol–water partition coefficient (Wildman–Crippen LogP) is 5.40. The fraction of sp³-hybridized carbons (Fsp3) is 0.158. The minimum Gasteiger partial charge on any atom is -0.431 e. The molecule has 4 heteroatoms. The molecule has 0 spiro atoms. The third kappa shape index (κ3) is 3.82. The van der Waals surface area contributed by atoms with Crippen molar-refractivity contribution in [3.05, 3.63) is 60.7 Å². The number of oxazole rings is 1. The van der Waals surface area contributed by atoms with Gasteiger partial charge < -0.3 is 4.42 Å². The number of unbranched alkanes of at least 4 members (excludes halogenated alkanes) is 1. The zero-order valence-corrected chi connectivity index (χ0v) is 13.4. The van der Waals surface area contributed by atoms with E-state index in [-0.39, 0.29) is 0 Å². The van der Waals surface area contributed by atoms with Gasteiger partial charge in [0.1, 0.15) is 5.69 Å². The number of benzene rings is 2. The number of aromatic nitrogens is 1. The average Bonchev–Trinajstić information content (AvgIpc) is 3.05. The molecule has 3 aromatic rings. The number of rotatable bonds is 6. The first-order valence-corrected chi connectivity index (χ1v) is 8.48. The van der Waals surface area contributed by atoms with Crippen molar-refractivity contribution >= 4 is 11.8 Å². The molecule has 23 heavy (non-hydrogen) atoms. The second-order valence-electron chi connectivity index (χ2n) is 5.00. The van der Waals surface area contributed by atoms with E-state index in [1.165, 1.54) is 0 Å². The summed E-state index contributed by atoms with van der Waals surface area (Å²) in [6.07, 6.45) is 1.40. The van der Waals surface area contributed by atoms with Crippen LogP contribution in [0.25, 0.3) is 22.6 Å². The molecule has 0 aliphatic carbocycles. The van der Waals surface area contributed by atoms with Crippen LogP contribution in [0.5, 0.6) is 0 Å². The summed E-state index contributed by atoms with van der Waals surface area (Å²) in [4.78, 5) is 4.67. The molecule has 1 aromatic heterocycles. The van der Waals surface area contributed by atoms with Crippen molar-refractivity contribution in [3.63, 3.8) is 0 Å². The molecule has 0 aliphatic rings. The van der Waals surface area contributed by atoms with Gasteiger partial charge in [0.05, 0.1) is 6.07 Å². The zero-order valence-electron chi connectivity index (χ0n) is 12.6. The topological polar surface area (TPSA) is 49.8 Å². The lowest BCUT2D eigenvalue weighted by Gasteiger charge is -2.00. The van der Waals surface area contributed by atoms with Gasteiger partial charge in [0.15, 0.2) is 5.76 Å². The maximum atomic E-state index is 8.61. The van der Waals surface area contributed by atoms with E-state index in [0.29, 0.717) is 11.6 Å². The summed E-state index contributed by atoms with van der Waals surface area (Å²) in [6, 6.07) is 22.2. The molecule has 0 bridgehead atoms. The monoisotopic (exact) mass is 320 g/mol. The van der Waals surface area contributed by atoms with Gasteiger partial charge in [0.25, 0.3) is 5.22 Å². The Labute approximate surface area is 140 Å². The Kier molecular flexibility index (Phi) is 5.13. The quantitative estimate of drug-likeness (QED) is 0.450. The van der Waals surface area contributed by atoms with Crippen LogP contribution < -0.4 is 0 Å². The van der Waals surface area contributed by atoms with Crippen molar-refractivity contribution in [1.82, 2.24) is 4.98 Å². The lowest BCUT2D eigenvalue weighted by atomic mass is 10.1. The van der Waals surface area contributed by atoms with Crippen LogP contribution in [0.15, 0.2) is 70.3 Å². The smallest absolute Gasteiger partial charge is 0.256 e. The molecule has 3 rings (SSSR count). The Bertz CT molecular complexity index is 734. The summed E-state index contributed by atoms with van der Waals surface area (Å²) in [6.45, 7) is 0. The van der Waals surface area contributed by atoms with Crippen molar-refractivity contribution < 1.29 is 4.42 Å². The summed E-state index contributed by atoms with van der Waals surface area (Å²) in [5, 5.41) is 9.26. The van der Waals surface area contributed by atoms with Crippen molar-refractivity contribution in [2.45, 2.75) is 18.1 Å². The SMILES string of the molecule is N#CCCCSc1nc(-c2ccccc2)c(-c2ccccc2)o1. The van der Waals surface area contributed by atoms with Gasteiger partial charge in [-0.05, 0) is 6.42 Å². The third-order valence-corrected chi connectivity index (χ3v) is 4.26. The lowest BCUT2D eigenvalue weighted by Crippen LogP contribution is -1.82. The van der Waals surface area contributed by atoms with Crippen molar-refractivity contribution in [1.29, 1.82) is 5.26 Å². The fourth-order valence-electron chi connectivity index (χ4n) is 2.25. The van der Waals surface area contributed by atoms with Gasteiger partial charge in [-0.3, -0.25) is 0 Å². The van der Waals surface area contributed by atoms with Crippen LogP contribution in [-0.4, -0.2) is 10.7 Å². The lowest BCUT2D eigenvalue weighted by molar-refractivity contribution is 0.466. The normalized spacial score (nSPS) is 10.4. The molecule has 0 radical (unpaired) electrons.